The molecule has 0 aliphatic rings. The molecule has 3 amide bonds. The number of rotatable bonds is 7. The van der Waals surface area contributed by atoms with E-state index in [0.717, 1.165) is 5.56 Å². The molecule has 7 nitrogen and oxygen atoms in total. The maximum atomic E-state index is 11.3. The van der Waals surface area contributed by atoms with E-state index in [1.165, 1.54) is 7.11 Å². The van der Waals surface area contributed by atoms with Crippen molar-refractivity contribution in [2.75, 3.05) is 13.7 Å². The van der Waals surface area contributed by atoms with E-state index < -0.39 is 11.9 Å². The fourth-order valence-corrected chi connectivity index (χ4v) is 1.58. The van der Waals surface area contributed by atoms with Crippen LogP contribution in [0.15, 0.2) is 18.2 Å². The lowest BCUT2D eigenvalue weighted by atomic mass is 10.2. The molecule has 0 aromatic heterocycles. The number of hydrogen-bond donors (Lipinski definition) is 3. The van der Waals surface area contributed by atoms with E-state index in [0.29, 0.717) is 24.1 Å². The van der Waals surface area contributed by atoms with E-state index in [-0.39, 0.29) is 6.61 Å². The Bertz CT molecular complexity index is 503. The van der Waals surface area contributed by atoms with Crippen LogP contribution in [0.4, 0.5) is 4.79 Å². The number of urea groups is 1. The summed E-state index contributed by atoms with van der Waals surface area (Å²) < 4.78 is 10.5. The number of benzene rings is 1. The first kappa shape index (κ1) is 16.8. The number of carbonyl (C=O) groups excluding carboxylic acids is 2. The third-order valence-corrected chi connectivity index (χ3v) is 2.56. The van der Waals surface area contributed by atoms with Gasteiger partial charge < -0.3 is 20.5 Å². The molecule has 4 N–H and O–H groups in total. The molecule has 0 atom stereocenters. The molecular weight excluding hydrogens is 274 g/mol. The highest BCUT2D eigenvalue weighted by atomic mass is 16.5. The highest BCUT2D eigenvalue weighted by Crippen LogP contribution is 2.28. The Kier molecular flexibility index (Phi) is 6.48. The number of carbonyl (C=O) groups is 2. The number of amides is 3. The Balaban J connectivity index is 2.71. The van der Waals surface area contributed by atoms with E-state index >= 15 is 0 Å². The summed E-state index contributed by atoms with van der Waals surface area (Å²) in [5.74, 6) is 0.325. The van der Waals surface area contributed by atoms with Gasteiger partial charge in [0.1, 0.15) is 0 Å². The van der Waals surface area contributed by atoms with Gasteiger partial charge in [0.25, 0.3) is 5.91 Å². The molecule has 1 aromatic rings. The molecule has 0 heterocycles. The molecule has 116 valence electrons. The predicted molar refractivity (Wildman–Crippen MR) is 78.2 cm³/mol. The molecule has 1 aromatic carbocycles. The maximum absolute atomic E-state index is 11.3. The van der Waals surface area contributed by atoms with Crippen LogP contribution in [0.5, 0.6) is 11.5 Å². The Morgan fingerprint density at radius 1 is 1.29 bits per heavy atom. The first-order valence-corrected chi connectivity index (χ1v) is 6.54. The van der Waals surface area contributed by atoms with Crippen LogP contribution in [-0.4, -0.2) is 31.7 Å². The normalized spacial score (nSPS) is 10.3. The van der Waals surface area contributed by atoms with Crippen LogP contribution in [-0.2, 0) is 11.3 Å². The van der Waals surface area contributed by atoms with Gasteiger partial charge in [-0.3, -0.25) is 10.1 Å². The molecule has 7 heteroatoms. The Hall–Kier alpha value is -2.28. The van der Waals surface area contributed by atoms with Gasteiger partial charge in [0.2, 0.25) is 0 Å². The van der Waals surface area contributed by atoms with Gasteiger partial charge in [-0.1, -0.05) is 19.9 Å². The number of nitrogens with one attached hydrogen (secondary N) is 2. The summed E-state index contributed by atoms with van der Waals surface area (Å²) in [6.45, 7) is 4.45. The Labute approximate surface area is 123 Å². The van der Waals surface area contributed by atoms with Crippen LogP contribution in [0.3, 0.4) is 0 Å². The van der Waals surface area contributed by atoms with E-state index in [4.69, 9.17) is 15.2 Å². The molecule has 0 unspecified atom stereocenters. The predicted octanol–water partition coefficient (Wildman–Crippen LogP) is 0.767. The number of imide groups is 1. The van der Waals surface area contributed by atoms with Crippen LogP contribution in [0, 0.1) is 0 Å². The largest absolute Gasteiger partial charge is 0.493 e. The maximum Gasteiger partial charge on any atom is 0.318 e. The van der Waals surface area contributed by atoms with Gasteiger partial charge in [-0.2, -0.15) is 0 Å². The van der Waals surface area contributed by atoms with Gasteiger partial charge in [-0.25, -0.2) is 4.79 Å². The standard InChI is InChI=1S/C14H21N3O4/c1-9(2)16-7-10-4-5-11(20-3)12(6-10)21-8-13(18)17-14(15)19/h4-6,9,16H,7-8H2,1-3H3,(H3,15,17,18,19). The number of primary amides is 1. The van der Waals surface area contributed by atoms with Crippen LogP contribution in [0.25, 0.3) is 0 Å². The lowest BCUT2D eigenvalue weighted by molar-refractivity contribution is -0.121. The molecule has 21 heavy (non-hydrogen) atoms. The Morgan fingerprint density at radius 2 is 2.00 bits per heavy atom. The number of methoxy groups -OCH3 is 1. The zero-order valence-corrected chi connectivity index (χ0v) is 12.4. The van der Waals surface area contributed by atoms with Gasteiger partial charge in [0.05, 0.1) is 7.11 Å². The molecule has 0 saturated carbocycles. The molecule has 0 spiro atoms. The fourth-order valence-electron chi connectivity index (χ4n) is 1.58. The number of nitrogens with two attached hydrogens (primary N) is 1. The van der Waals surface area contributed by atoms with Crippen LogP contribution in [0.2, 0.25) is 0 Å². The van der Waals surface area contributed by atoms with Crippen molar-refractivity contribution in [3.8, 4) is 11.5 Å². The van der Waals surface area contributed by atoms with Gasteiger partial charge in [-0.15, -0.1) is 0 Å². The summed E-state index contributed by atoms with van der Waals surface area (Å²) in [4.78, 5) is 21.9. The second-order valence-corrected chi connectivity index (χ2v) is 4.72. The molecule has 0 aliphatic heterocycles. The van der Waals surface area contributed by atoms with Crippen LogP contribution >= 0.6 is 0 Å². The summed E-state index contributed by atoms with van der Waals surface area (Å²) in [7, 11) is 1.51. The minimum Gasteiger partial charge on any atom is -0.493 e. The second kappa shape index (κ2) is 8.11. The summed E-state index contributed by atoms with van der Waals surface area (Å²) in [5, 5.41) is 5.21. The SMILES string of the molecule is COc1ccc(CNC(C)C)cc1OCC(=O)NC(N)=O. The minimum atomic E-state index is -0.912. The Morgan fingerprint density at radius 3 is 2.57 bits per heavy atom. The lowest BCUT2D eigenvalue weighted by Crippen LogP contribution is -2.38. The monoisotopic (exact) mass is 295 g/mol. The van der Waals surface area contributed by atoms with Crippen molar-refractivity contribution in [2.45, 2.75) is 26.4 Å². The van der Waals surface area contributed by atoms with E-state index in [1.807, 2.05) is 11.4 Å². The molecule has 0 saturated heterocycles. The van der Waals surface area contributed by atoms with Crippen molar-refractivity contribution in [1.29, 1.82) is 0 Å². The lowest BCUT2D eigenvalue weighted by Gasteiger charge is -2.13. The smallest absolute Gasteiger partial charge is 0.318 e. The van der Waals surface area contributed by atoms with Crippen molar-refractivity contribution in [1.82, 2.24) is 10.6 Å². The summed E-state index contributed by atoms with van der Waals surface area (Å²) >= 11 is 0. The third-order valence-electron chi connectivity index (χ3n) is 2.56. The van der Waals surface area contributed by atoms with Crippen molar-refractivity contribution in [3.05, 3.63) is 23.8 Å². The number of hydrogen-bond acceptors (Lipinski definition) is 5. The van der Waals surface area contributed by atoms with Crippen molar-refractivity contribution in [3.63, 3.8) is 0 Å². The van der Waals surface area contributed by atoms with E-state index in [1.54, 1.807) is 12.1 Å². The van der Waals surface area contributed by atoms with Gasteiger partial charge in [0, 0.05) is 12.6 Å². The average Bonchev–Trinajstić information content (AvgIpc) is 2.42. The second-order valence-electron chi connectivity index (χ2n) is 4.72. The van der Waals surface area contributed by atoms with Gasteiger partial charge >= 0.3 is 6.03 Å². The third kappa shape index (κ3) is 6.13. The van der Waals surface area contributed by atoms with Crippen LogP contribution in [0.1, 0.15) is 19.4 Å². The number of ether oxygens (including phenoxy) is 2. The first-order valence-electron chi connectivity index (χ1n) is 6.54. The van der Waals surface area contributed by atoms with Gasteiger partial charge in [-0.05, 0) is 17.7 Å². The van der Waals surface area contributed by atoms with Crippen molar-refractivity contribution < 1.29 is 19.1 Å². The van der Waals surface area contributed by atoms with Crippen LogP contribution < -0.4 is 25.8 Å². The molecule has 0 fully saturated rings. The van der Waals surface area contributed by atoms with Gasteiger partial charge in [0.15, 0.2) is 18.1 Å². The van der Waals surface area contributed by atoms with Crippen molar-refractivity contribution in [2.24, 2.45) is 5.73 Å². The highest BCUT2D eigenvalue weighted by Gasteiger charge is 2.10. The van der Waals surface area contributed by atoms with E-state index in [9.17, 15) is 9.59 Å². The average molecular weight is 295 g/mol. The highest BCUT2D eigenvalue weighted by molar-refractivity contribution is 5.94. The first-order chi connectivity index (χ1) is 9.92. The summed E-state index contributed by atoms with van der Waals surface area (Å²) in [6, 6.07) is 4.90. The zero-order valence-electron chi connectivity index (χ0n) is 12.4. The molecule has 0 aliphatic carbocycles. The minimum absolute atomic E-state index is 0.319. The molecule has 0 bridgehead atoms. The quantitative estimate of drug-likeness (QED) is 0.689. The van der Waals surface area contributed by atoms with E-state index in [2.05, 4.69) is 19.2 Å². The molecule has 0 radical (unpaired) electrons. The molecule has 1 rings (SSSR count). The topological polar surface area (TPSA) is 103 Å². The van der Waals surface area contributed by atoms with Crippen molar-refractivity contribution >= 4 is 11.9 Å². The molecular formula is C14H21N3O4. The zero-order chi connectivity index (χ0) is 15.8. The summed E-state index contributed by atoms with van der Waals surface area (Å²) in [6.07, 6.45) is 0. The fraction of sp³-hybridized carbons (Fsp3) is 0.429. The summed E-state index contributed by atoms with van der Waals surface area (Å²) in [5.41, 5.74) is 5.85.